The maximum Gasteiger partial charge on any atom is 0.252 e. The standard InChI is InChI=1S/C16H22N4O2/c21-16(14-4-2-8-22-14)20-7-1-3-13(20)15-18-10-11-9-17-6-5-12(11)19-15/h10,13-14,17H,1-9H2/t13-,14+/m1/s1. The summed E-state index contributed by atoms with van der Waals surface area (Å²) in [6, 6.07) is 0.0249. The Balaban J connectivity index is 1.56. The fourth-order valence-corrected chi connectivity index (χ4v) is 3.67. The number of nitrogens with zero attached hydrogens (tertiary/aromatic N) is 3. The van der Waals surface area contributed by atoms with E-state index in [0.717, 1.165) is 63.3 Å². The summed E-state index contributed by atoms with van der Waals surface area (Å²) in [5, 5.41) is 3.33. The zero-order valence-electron chi connectivity index (χ0n) is 12.8. The zero-order valence-corrected chi connectivity index (χ0v) is 12.8. The number of hydrogen-bond donors (Lipinski definition) is 1. The van der Waals surface area contributed by atoms with Crippen molar-refractivity contribution in [1.82, 2.24) is 20.2 Å². The van der Waals surface area contributed by atoms with Crippen molar-refractivity contribution >= 4 is 5.91 Å². The van der Waals surface area contributed by atoms with Gasteiger partial charge in [-0.1, -0.05) is 0 Å². The van der Waals surface area contributed by atoms with Gasteiger partial charge in [-0.25, -0.2) is 9.97 Å². The van der Waals surface area contributed by atoms with Gasteiger partial charge in [-0.2, -0.15) is 0 Å². The van der Waals surface area contributed by atoms with Gasteiger partial charge in [0, 0.05) is 50.1 Å². The molecule has 2 saturated heterocycles. The summed E-state index contributed by atoms with van der Waals surface area (Å²) in [4.78, 5) is 23.9. The molecule has 1 aromatic heterocycles. The molecule has 0 radical (unpaired) electrons. The van der Waals surface area contributed by atoms with Crippen LogP contribution in [-0.2, 0) is 22.5 Å². The van der Waals surface area contributed by atoms with Crippen LogP contribution >= 0.6 is 0 Å². The monoisotopic (exact) mass is 302 g/mol. The minimum atomic E-state index is -0.248. The van der Waals surface area contributed by atoms with Crippen molar-refractivity contribution in [3.05, 3.63) is 23.3 Å². The average molecular weight is 302 g/mol. The molecular formula is C16H22N4O2. The summed E-state index contributed by atoms with van der Waals surface area (Å²) in [7, 11) is 0. The summed E-state index contributed by atoms with van der Waals surface area (Å²) >= 11 is 0. The molecule has 6 heteroatoms. The number of carbonyl (C=O) groups is 1. The molecule has 0 unspecified atom stereocenters. The highest BCUT2D eigenvalue weighted by Crippen LogP contribution is 2.32. The molecule has 0 aromatic carbocycles. The molecule has 118 valence electrons. The normalized spacial score (nSPS) is 27.9. The highest BCUT2D eigenvalue weighted by molar-refractivity contribution is 5.81. The Morgan fingerprint density at radius 3 is 3.18 bits per heavy atom. The van der Waals surface area contributed by atoms with Crippen molar-refractivity contribution in [2.75, 3.05) is 19.7 Å². The molecular weight excluding hydrogens is 280 g/mol. The van der Waals surface area contributed by atoms with Crippen molar-refractivity contribution in [3.8, 4) is 0 Å². The molecule has 1 amide bonds. The first-order valence-corrected chi connectivity index (χ1v) is 8.30. The molecule has 0 bridgehead atoms. The molecule has 0 spiro atoms. The van der Waals surface area contributed by atoms with Crippen molar-refractivity contribution < 1.29 is 9.53 Å². The lowest BCUT2D eigenvalue weighted by molar-refractivity contribution is -0.142. The van der Waals surface area contributed by atoms with Crippen LogP contribution in [0.1, 0.15) is 48.8 Å². The van der Waals surface area contributed by atoms with E-state index in [-0.39, 0.29) is 18.1 Å². The molecule has 0 aliphatic carbocycles. The third-order valence-electron chi connectivity index (χ3n) is 4.87. The number of rotatable bonds is 2. The predicted octanol–water partition coefficient (Wildman–Crippen LogP) is 0.965. The van der Waals surface area contributed by atoms with E-state index in [9.17, 15) is 4.79 Å². The van der Waals surface area contributed by atoms with Crippen LogP contribution in [0.5, 0.6) is 0 Å². The van der Waals surface area contributed by atoms with Crippen LogP contribution in [0.2, 0.25) is 0 Å². The highest BCUT2D eigenvalue weighted by atomic mass is 16.5. The molecule has 2 atom stereocenters. The predicted molar refractivity (Wildman–Crippen MR) is 80.1 cm³/mol. The largest absolute Gasteiger partial charge is 0.368 e. The first-order chi connectivity index (χ1) is 10.8. The lowest BCUT2D eigenvalue weighted by atomic mass is 10.1. The summed E-state index contributed by atoms with van der Waals surface area (Å²) in [5.41, 5.74) is 2.32. The third kappa shape index (κ3) is 2.50. The molecule has 4 rings (SSSR count). The SMILES string of the molecule is O=C([C@@H]1CCCO1)N1CCC[C@@H]1c1ncc2c(n1)CCNC2. The Labute approximate surface area is 130 Å². The maximum absolute atomic E-state index is 12.7. The van der Waals surface area contributed by atoms with E-state index >= 15 is 0 Å². The summed E-state index contributed by atoms with van der Waals surface area (Å²) in [6.07, 6.45) is 6.42. The first-order valence-electron chi connectivity index (χ1n) is 8.30. The second kappa shape index (κ2) is 5.93. The highest BCUT2D eigenvalue weighted by Gasteiger charge is 2.37. The third-order valence-corrected chi connectivity index (χ3v) is 4.87. The minimum absolute atomic E-state index is 0.0249. The molecule has 6 nitrogen and oxygen atoms in total. The second-order valence-corrected chi connectivity index (χ2v) is 6.32. The van der Waals surface area contributed by atoms with Crippen molar-refractivity contribution in [3.63, 3.8) is 0 Å². The van der Waals surface area contributed by atoms with E-state index in [1.807, 2.05) is 11.1 Å². The number of hydrogen-bond acceptors (Lipinski definition) is 5. The Morgan fingerprint density at radius 1 is 1.36 bits per heavy atom. The summed E-state index contributed by atoms with van der Waals surface area (Å²) < 4.78 is 5.56. The zero-order chi connectivity index (χ0) is 14.9. The van der Waals surface area contributed by atoms with Crippen LogP contribution in [0, 0.1) is 0 Å². The quantitative estimate of drug-likeness (QED) is 0.881. The van der Waals surface area contributed by atoms with Gasteiger partial charge < -0.3 is 15.0 Å². The van der Waals surface area contributed by atoms with E-state index in [1.54, 1.807) is 0 Å². The molecule has 3 aliphatic rings. The number of amides is 1. The van der Waals surface area contributed by atoms with Crippen molar-refractivity contribution in [1.29, 1.82) is 0 Å². The summed E-state index contributed by atoms with van der Waals surface area (Å²) in [5.74, 6) is 0.937. The number of nitrogens with one attached hydrogen (secondary N) is 1. The van der Waals surface area contributed by atoms with Crippen molar-refractivity contribution in [2.45, 2.75) is 50.8 Å². The first kappa shape index (κ1) is 14.1. The fraction of sp³-hybridized carbons (Fsp3) is 0.688. The lowest BCUT2D eigenvalue weighted by Gasteiger charge is -2.27. The second-order valence-electron chi connectivity index (χ2n) is 6.32. The van der Waals surface area contributed by atoms with Gasteiger partial charge in [0.2, 0.25) is 0 Å². The van der Waals surface area contributed by atoms with Gasteiger partial charge in [-0.3, -0.25) is 4.79 Å². The van der Waals surface area contributed by atoms with E-state index in [1.165, 1.54) is 5.56 Å². The average Bonchev–Trinajstić information content (AvgIpc) is 3.25. The topological polar surface area (TPSA) is 67.3 Å². The van der Waals surface area contributed by atoms with Gasteiger partial charge >= 0.3 is 0 Å². The molecule has 22 heavy (non-hydrogen) atoms. The van der Waals surface area contributed by atoms with Crippen LogP contribution < -0.4 is 5.32 Å². The van der Waals surface area contributed by atoms with Gasteiger partial charge in [0.1, 0.15) is 6.10 Å². The maximum atomic E-state index is 12.7. The van der Waals surface area contributed by atoms with Gasteiger partial charge in [0.25, 0.3) is 5.91 Å². The number of fused-ring (bicyclic) bond motifs is 1. The number of likely N-dealkylation sites (tertiary alicyclic amines) is 1. The Hall–Kier alpha value is -1.53. The van der Waals surface area contributed by atoms with Crippen LogP contribution in [0.25, 0.3) is 0 Å². The van der Waals surface area contributed by atoms with E-state index < -0.39 is 0 Å². The number of ether oxygens (including phenoxy) is 1. The van der Waals surface area contributed by atoms with Crippen LogP contribution in [0.4, 0.5) is 0 Å². The van der Waals surface area contributed by atoms with Crippen LogP contribution in [-0.4, -0.2) is 46.6 Å². The fourth-order valence-electron chi connectivity index (χ4n) is 3.67. The van der Waals surface area contributed by atoms with Gasteiger partial charge in [0.05, 0.1) is 6.04 Å². The number of carbonyl (C=O) groups excluding carboxylic acids is 1. The molecule has 4 heterocycles. The molecule has 1 aromatic rings. The molecule has 2 fully saturated rings. The Kier molecular flexibility index (Phi) is 3.80. The molecule has 1 N–H and O–H groups in total. The van der Waals surface area contributed by atoms with E-state index in [4.69, 9.17) is 9.72 Å². The van der Waals surface area contributed by atoms with Crippen LogP contribution in [0.15, 0.2) is 6.20 Å². The van der Waals surface area contributed by atoms with E-state index in [2.05, 4.69) is 10.3 Å². The molecule has 0 saturated carbocycles. The number of aromatic nitrogens is 2. The van der Waals surface area contributed by atoms with Crippen molar-refractivity contribution in [2.24, 2.45) is 0 Å². The van der Waals surface area contributed by atoms with Gasteiger partial charge in [-0.15, -0.1) is 0 Å². The van der Waals surface area contributed by atoms with Gasteiger partial charge in [0.15, 0.2) is 5.82 Å². The smallest absolute Gasteiger partial charge is 0.252 e. The summed E-state index contributed by atoms with van der Waals surface area (Å²) in [6.45, 7) is 3.31. The Bertz CT molecular complexity index is 571. The minimum Gasteiger partial charge on any atom is -0.368 e. The van der Waals surface area contributed by atoms with Crippen LogP contribution in [0.3, 0.4) is 0 Å². The van der Waals surface area contributed by atoms with E-state index in [0.29, 0.717) is 6.61 Å². The molecule has 3 aliphatic heterocycles. The van der Waals surface area contributed by atoms with Gasteiger partial charge in [-0.05, 0) is 25.7 Å². The lowest BCUT2D eigenvalue weighted by Crippen LogP contribution is -2.39. The Morgan fingerprint density at radius 2 is 2.32 bits per heavy atom.